The summed E-state index contributed by atoms with van der Waals surface area (Å²) in [5, 5.41) is 13.5. The number of fused-ring (bicyclic) bond motifs is 2. The van der Waals surface area contributed by atoms with Crippen molar-refractivity contribution < 1.29 is 4.74 Å². The van der Waals surface area contributed by atoms with Crippen LogP contribution >= 0.6 is 11.8 Å². The number of para-hydroxylation sites is 1. The second-order valence-corrected chi connectivity index (χ2v) is 8.04. The third-order valence-corrected chi connectivity index (χ3v) is 6.22. The monoisotopic (exact) mass is 315 g/mol. The summed E-state index contributed by atoms with van der Waals surface area (Å²) in [4.78, 5) is 2.65. The van der Waals surface area contributed by atoms with Crippen LogP contribution in [0, 0.1) is 11.3 Å². The van der Waals surface area contributed by atoms with Gasteiger partial charge in [0.1, 0.15) is 11.8 Å². The standard InChI is InChI=1S/C17H21N3OS/c1-16(2)20(13-8-4-5-9-14(13)21-16)17(11-18)19-12-7-3-6-10-15(12)22-17/h3,6-7,10,13-14,19H,4-5,8-9H2,1-2H3/t13-,14-,17?/m1/s1. The number of anilines is 1. The van der Waals surface area contributed by atoms with E-state index in [0.29, 0.717) is 6.04 Å². The van der Waals surface area contributed by atoms with E-state index in [0.717, 1.165) is 23.4 Å². The van der Waals surface area contributed by atoms with E-state index in [1.807, 2.05) is 18.2 Å². The number of benzene rings is 1. The average molecular weight is 315 g/mol. The first-order valence-corrected chi connectivity index (χ1v) is 8.82. The molecule has 0 spiro atoms. The Kier molecular flexibility index (Phi) is 3.19. The highest BCUT2D eigenvalue weighted by Gasteiger charge is 2.59. The van der Waals surface area contributed by atoms with Crippen molar-refractivity contribution >= 4 is 17.4 Å². The van der Waals surface area contributed by atoms with Crippen molar-refractivity contribution in [2.75, 3.05) is 5.32 Å². The van der Waals surface area contributed by atoms with E-state index in [-0.39, 0.29) is 6.10 Å². The van der Waals surface area contributed by atoms with Crippen LogP contribution in [-0.4, -0.2) is 27.8 Å². The zero-order valence-corrected chi connectivity index (χ0v) is 13.8. The summed E-state index contributed by atoms with van der Waals surface area (Å²) in [5.41, 5.74) is 0.612. The van der Waals surface area contributed by atoms with Crippen LogP contribution in [0.3, 0.4) is 0 Å². The highest BCUT2D eigenvalue weighted by atomic mass is 32.2. The Morgan fingerprint density at radius 3 is 2.86 bits per heavy atom. The van der Waals surface area contributed by atoms with E-state index in [2.05, 4.69) is 36.2 Å². The predicted octanol–water partition coefficient (Wildman–Crippen LogP) is 3.76. The molecule has 1 unspecified atom stereocenters. The minimum Gasteiger partial charge on any atom is -0.356 e. The highest BCUT2D eigenvalue weighted by molar-refractivity contribution is 8.01. The number of nitrogens with zero attached hydrogens (tertiary/aromatic N) is 2. The molecule has 22 heavy (non-hydrogen) atoms. The van der Waals surface area contributed by atoms with E-state index in [1.165, 1.54) is 12.8 Å². The second kappa shape index (κ2) is 4.89. The van der Waals surface area contributed by atoms with Gasteiger partial charge in [-0.25, -0.2) is 4.90 Å². The normalized spacial score (nSPS) is 36.2. The maximum absolute atomic E-state index is 10.0. The lowest BCUT2D eigenvalue weighted by atomic mass is 9.91. The van der Waals surface area contributed by atoms with Crippen LogP contribution < -0.4 is 5.32 Å². The molecule has 0 amide bonds. The molecule has 0 radical (unpaired) electrons. The first-order valence-electron chi connectivity index (χ1n) is 8.00. The SMILES string of the molecule is CC1(C)O[C@@H]2CCCC[C@H]2N1C1(C#N)Nc2ccccc2S1. The maximum Gasteiger partial charge on any atom is 0.236 e. The molecule has 3 aliphatic rings. The van der Waals surface area contributed by atoms with Crippen LogP contribution in [0.25, 0.3) is 0 Å². The summed E-state index contributed by atoms with van der Waals surface area (Å²) < 4.78 is 6.32. The molecule has 4 rings (SSSR count). The van der Waals surface area contributed by atoms with Crippen LogP contribution in [-0.2, 0) is 4.74 Å². The number of rotatable bonds is 1. The highest BCUT2D eigenvalue weighted by Crippen LogP contribution is 2.53. The Morgan fingerprint density at radius 2 is 2.09 bits per heavy atom. The smallest absolute Gasteiger partial charge is 0.236 e. The molecule has 1 N–H and O–H groups in total. The van der Waals surface area contributed by atoms with Crippen molar-refractivity contribution in [3.05, 3.63) is 24.3 Å². The van der Waals surface area contributed by atoms with Gasteiger partial charge in [-0.2, -0.15) is 5.26 Å². The van der Waals surface area contributed by atoms with E-state index < -0.39 is 10.7 Å². The summed E-state index contributed by atoms with van der Waals surface area (Å²) in [7, 11) is 0. The van der Waals surface area contributed by atoms with Crippen molar-refractivity contribution in [3.63, 3.8) is 0 Å². The van der Waals surface area contributed by atoms with Gasteiger partial charge in [0.05, 0.1) is 11.8 Å². The average Bonchev–Trinajstić information content (AvgIpc) is 3.00. The van der Waals surface area contributed by atoms with Gasteiger partial charge in [0, 0.05) is 10.9 Å². The third kappa shape index (κ3) is 1.98. The topological polar surface area (TPSA) is 48.3 Å². The Hall–Kier alpha value is -1.22. The van der Waals surface area contributed by atoms with Crippen LogP contribution in [0.15, 0.2) is 29.2 Å². The minimum absolute atomic E-state index is 0.250. The number of ether oxygens (including phenoxy) is 1. The summed E-state index contributed by atoms with van der Waals surface area (Å²) in [6.45, 7) is 4.19. The van der Waals surface area contributed by atoms with Gasteiger partial charge >= 0.3 is 0 Å². The van der Waals surface area contributed by atoms with E-state index in [4.69, 9.17) is 4.74 Å². The fraction of sp³-hybridized carbons (Fsp3) is 0.588. The first-order chi connectivity index (χ1) is 10.6. The van der Waals surface area contributed by atoms with E-state index in [9.17, 15) is 5.26 Å². The van der Waals surface area contributed by atoms with Crippen molar-refractivity contribution in [1.82, 2.24) is 4.90 Å². The quantitative estimate of drug-likeness (QED) is 0.855. The fourth-order valence-electron chi connectivity index (χ4n) is 4.19. The molecule has 4 nitrogen and oxygen atoms in total. The van der Waals surface area contributed by atoms with Crippen molar-refractivity contribution in [2.45, 2.75) is 67.3 Å². The molecule has 1 saturated heterocycles. The van der Waals surface area contributed by atoms with Gasteiger partial charge in [-0.3, -0.25) is 0 Å². The molecule has 5 heteroatoms. The summed E-state index contributed by atoms with van der Waals surface area (Å²) in [6.07, 6.45) is 4.90. The van der Waals surface area contributed by atoms with Crippen molar-refractivity contribution in [3.8, 4) is 6.07 Å². The van der Waals surface area contributed by atoms with Gasteiger partial charge in [-0.05, 0) is 38.8 Å². The molecule has 0 aromatic heterocycles. The summed E-state index contributed by atoms with van der Waals surface area (Å²) >= 11 is 1.61. The maximum atomic E-state index is 10.0. The molecule has 1 aromatic carbocycles. The number of hydrogen-bond acceptors (Lipinski definition) is 5. The Balaban J connectivity index is 1.74. The van der Waals surface area contributed by atoms with Crippen LogP contribution in [0.1, 0.15) is 39.5 Å². The van der Waals surface area contributed by atoms with Crippen LogP contribution in [0.5, 0.6) is 0 Å². The van der Waals surface area contributed by atoms with Gasteiger partial charge < -0.3 is 10.1 Å². The molecule has 1 aliphatic carbocycles. The lowest BCUT2D eigenvalue weighted by Crippen LogP contribution is -2.59. The number of nitrogens with one attached hydrogen (secondary N) is 1. The Bertz CT molecular complexity index is 614. The zero-order chi connectivity index (χ0) is 15.4. The summed E-state index contributed by atoms with van der Waals surface area (Å²) in [6, 6.07) is 11.0. The van der Waals surface area contributed by atoms with Gasteiger partial charge in [0.15, 0.2) is 0 Å². The molecule has 2 heterocycles. The molecular weight excluding hydrogens is 294 g/mol. The van der Waals surface area contributed by atoms with Crippen LogP contribution in [0.2, 0.25) is 0 Å². The number of hydrogen-bond donors (Lipinski definition) is 1. The molecule has 1 aromatic rings. The minimum atomic E-state index is -0.774. The van der Waals surface area contributed by atoms with Gasteiger partial charge in [-0.1, -0.05) is 36.7 Å². The molecule has 0 bridgehead atoms. The van der Waals surface area contributed by atoms with E-state index >= 15 is 0 Å². The number of thioether (sulfide) groups is 1. The summed E-state index contributed by atoms with van der Waals surface area (Å²) in [5.74, 6) is 0. The molecular formula is C17H21N3OS. The lowest BCUT2D eigenvalue weighted by Gasteiger charge is -2.43. The molecule has 2 fully saturated rings. The first kappa shape index (κ1) is 14.4. The zero-order valence-electron chi connectivity index (χ0n) is 13.0. The second-order valence-electron chi connectivity index (χ2n) is 6.80. The molecule has 3 atom stereocenters. The van der Waals surface area contributed by atoms with Crippen molar-refractivity contribution in [2.24, 2.45) is 0 Å². The number of nitriles is 1. The van der Waals surface area contributed by atoms with E-state index in [1.54, 1.807) is 11.8 Å². The van der Waals surface area contributed by atoms with Crippen molar-refractivity contribution in [1.29, 1.82) is 5.26 Å². The Morgan fingerprint density at radius 1 is 1.32 bits per heavy atom. The molecule has 2 aliphatic heterocycles. The molecule has 116 valence electrons. The molecule has 1 saturated carbocycles. The lowest BCUT2D eigenvalue weighted by molar-refractivity contribution is -0.0853. The van der Waals surface area contributed by atoms with Gasteiger partial charge in [0.25, 0.3) is 0 Å². The van der Waals surface area contributed by atoms with Gasteiger partial charge in [0.2, 0.25) is 4.99 Å². The Labute approximate surface area is 135 Å². The largest absolute Gasteiger partial charge is 0.356 e. The van der Waals surface area contributed by atoms with Gasteiger partial charge in [-0.15, -0.1) is 0 Å². The third-order valence-electron chi connectivity index (χ3n) is 4.96. The van der Waals surface area contributed by atoms with Crippen LogP contribution in [0.4, 0.5) is 5.69 Å². The predicted molar refractivity (Wildman–Crippen MR) is 87.3 cm³/mol. The fourth-order valence-corrected chi connectivity index (χ4v) is 5.54.